The van der Waals surface area contributed by atoms with Gasteiger partial charge in [0.2, 0.25) is 21.8 Å². The summed E-state index contributed by atoms with van der Waals surface area (Å²) in [6, 6.07) is 22.0. The molecule has 10 heteroatoms. The van der Waals surface area contributed by atoms with Gasteiger partial charge in [0.05, 0.1) is 18.6 Å². The van der Waals surface area contributed by atoms with Crippen molar-refractivity contribution in [3.05, 3.63) is 95.0 Å². The van der Waals surface area contributed by atoms with Gasteiger partial charge in [-0.1, -0.05) is 54.1 Å². The number of benzene rings is 3. The fraction of sp³-hybridized carbons (Fsp3) is 0.310. The van der Waals surface area contributed by atoms with Crippen LogP contribution < -0.4 is 14.4 Å². The van der Waals surface area contributed by atoms with Crippen molar-refractivity contribution in [3.8, 4) is 5.75 Å². The highest BCUT2D eigenvalue weighted by Gasteiger charge is 2.32. The first-order valence-electron chi connectivity index (χ1n) is 12.7. The number of anilines is 1. The van der Waals surface area contributed by atoms with Gasteiger partial charge in [0, 0.05) is 24.5 Å². The van der Waals surface area contributed by atoms with Crippen molar-refractivity contribution in [2.75, 3.05) is 30.3 Å². The Morgan fingerprint density at radius 3 is 2.21 bits per heavy atom. The van der Waals surface area contributed by atoms with E-state index in [-0.39, 0.29) is 18.9 Å². The minimum Gasteiger partial charge on any atom is -0.494 e. The Balaban J connectivity index is 2.01. The number of sulfonamides is 1. The van der Waals surface area contributed by atoms with Gasteiger partial charge < -0.3 is 15.0 Å². The summed E-state index contributed by atoms with van der Waals surface area (Å²) in [5.74, 6) is -0.270. The van der Waals surface area contributed by atoms with Crippen molar-refractivity contribution in [2.45, 2.75) is 32.9 Å². The topological polar surface area (TPSA) is 96.0 Å². The molecule has 0 aliphatic heterocycles. The molecule has 0 heterocycles. The van der Waals surface area contributed by atoms with E-state index in [0.29, 0.717) is 35.2 Å². The van der Waals surface area contributed by atoms with Crippen LogP contribution in [0.2, 0.25) is 5.02 Å². The van der Waals surface area contributed by atoms with E-state index in [0.717, 1.165) is 16.1 Å². The van der Waals surface area contributed by atoms with Gasteiger partial charge in [-0.2, -0.15) is 0 Å². The van der Waals surface area contributed by atoms with Crippen LogP contribution in [0.3, 0.4) is 0 Å². The molecule has 2 amide bonds. The van der Waals surface area contributed by atoms with Crippen molar-refractivity contribution < 1.29 is 22.7 Å². The third-order valence-electron chi connectivity index (χ3n) is 5.98. The number of amides is 2. The van der Waals surface area contributed by atoms with Gasteiger partial charge in [0.15, 0.2) is 0 Å². The third kappa shape index (κ3) is 8.73. The summed E-state index contributed by atoms with van der Waals surface area (Å²) in [5.41, 5.74) is 1.89. The van der Waals surface area contributed by atoms with E-state index in [1.807, 2.05) is 43.3 Å². The zero-order valence-electron chi connectivity index (χ0n) is 22.3. The van der Waals surface area contributed by atoms with Crippen LogP contribution in [-0.4, -0.2) is 57.1 Å². The Bertz CT molecular complexity index is 1350. The molecule has 1 N–H and O–H groups in total. The number of hydrogen-bond acceptors (Lipinski definition) is 5. The Morgan fingerprint density at radius 2 is 1.62 bits per heavy atom. The first-order chi connectivity index (χ1) is 18.6. The summed E-state index contributed by atoms with van der Waals surface area (Å²) in [6.45, 7) is 4.08. The molecule has 0 fully saturated rings. The monoisotopic (exact) mass is 571 g/mol. The summed E-state index contributed by atoms with van der Waals surface area (Å²) in [7, 11) is -3.84. The summed E-state index contributed by atoms with van der Waals surface area (Å²) in [5, 5.41) is 3.32. The summed E-state index contributed by atoms with van der Waals surface area (Å²) >= 11 is 6.21. The molecule has 39 heavy (non-hydrogen) atoms. The van der Waals surface area contributed by atoms with Gasteiger partial charge in [-0.3, -0.25) is 13.9 Å². The molecule has 0 aliphatic carbocycles. The number of halogens is 1. The van der Waals surface area contributed by atoms with Crippen LogP contribution in [0.25, 0.3) is 0 Å². The van der Waals surface area contributed by atoms with Crippen LogP contribution in [0.15, 0.2) is 78.9 Å². The van der Waals surface area contributed by atoms with Gasteiger partial charge in [-0.15, -0.1) is 0 Å². The van der Waals surface area contributed by atoms with E-state index < -0.39 is 28.5 Å². The van der Waals surface area contributed by atoms with Crippen molar-refractivity contribution in [1.29, 1.82) is 0 Å². The lowest BCUT2D eigenvalue weighted by Crippen LogP contribution is -2.53. The zero-order valence-corrected chi connectivity index (χ0v) is 23.9. The van der Waals surface area contributed by atoms with E-state index in [1.165, 1.54) is 4.90 Å². The molecule has 0 saturated carbocycles. The van der Waals surface area contributed by atoms with E-state index in [2.05, 4.69) is 5.32 Å². The first-order valence-corrected chi connectivity index (χ1v) is 14.9. The molecule has 0 spiro atoms. The van der Waals surface area contributed by atoms with Gasteiger partial charge in [-0.05, 0) is 61.4 Å². The second kappa shape index (κ2) is 14.0. The lowest BCUT2D eigenvalue weighted by atomic mass is 10.0. The van der Waals surface area contributed by atoms with Gasteiger partial charge in [0.1, 0.15) is 18.3 Å². The Morgan fingerprint density at radius 1 is 0.949 bits per heavy atom. The highest BCUT2D eigenvalue weighted by Crippen LogP contribution is 2.23. The second-order valence-electron chi connectivity index (χ2n) is 8.95. The predicted molar refractivity (Wildman–Crippen MR) is 154 cm³/mol. The molecule has 0 aliphatic rings. The van der Waals surface area contributed by atoms with Crippen LogP contribution in [-0.2, 0) is 32.6 Å². The number of ether oxygens (including phenoxy) is 1. The Kier molecular flexibility index (Phi) is 10.8. The quantitative estimate of drug-likeness (QED) is 0.330. The van der Waals surface area contributed by atoms with Crippen LogP contribution >= 0.6 is 11.6 Å². The molecule has 208 valence electrons. The first kappa shape index (κ1) is 30.0. The van der Waals surface area contributed by atoms with Crippen LogP contribution in [0.5, 0.6) is 5.75 Å². The smallest absolute Gasteiger partial charge is 0.244 e. The average molecular weight is 572 g/mol. The van der Waals surface area contributed by atoms with Crippen molar-refractivity contribution in [3.63, 3.8) is 0 Å². The number of hydrogen-bond donors (Lipinski definition) is 1. The van der Waals surface area contributed by atoms with Crippen LogP contribution in [0, 0.1) is 0 Å². The van der Waals surface area contributed by atoms with Gasteiger partial charge in [0.25, 0.3) is 0 Å². The molecule has 3 aromatic carbocycles. The maximum Gasteiger partial charge on any atom is 0.244 e. The highest BCUT2D eigenvalue weighted by atomic mass is 35.5. The summed E-state index contributed by atoms with van der Waals surface area (Å²) in [4.78, 5) is 28.7. The molecule has 0 radical (unpaired) electrons. The molecular formula is C29H34ClN3O5S. The lowest BCUT2D eigenvalue weighted by molar-refractivity contribution is -0.140. The van der Waals surface area contributed by atoms with Crippen LogP contribution in [0.4, 0.5) is 5.69 Å². The van der Waals surface area contributed by atoms with Crippen molar-refractivity contribution in [2.24, 2.45) is 0 Å². The number of carbonyl (C=O) groups excluding carboxylic acids is 2. The number of likely N-dealkylation sites (N-methyl/N-ethyl adjacent to an activating group) is 1. The van der Waals surface area contributed by atoms with Crippen molar-refractivity contribution in [1.82, 2.24) is 10.2 Å². The maximum absolute atomic E-state index is 14.0. The molecule has 0 bridgehead atoms. The number of carbonyl (C=O) groups is 2. The largest absolute Gasteiger partial charge is 0.494 e. The normalized spacial score (nSPS) is 11.9. The molecule has 3 rings (SSSR count). The average Bonchev–Trinajstić information content (AvgIpc) is 2.90. The van der Waals surface area contributed by atoms with Crippen LogP contribution in [0.1, 0.15) is 25.0 Å². The minimum atomic E-state index is -3.84. The lowest BCUT2D eigenvalue weighted by Gasteiger charge is -2.33. The molecule has 0 aromatic heterocycles. The van der Waals surface area contributed by atoms with E-state index in [4.69, 9.17) is 16.3 Å². The highest BCUT2D eigenvalue weighted by molar-refractivity contribution is 7.92. The SMILES string of the molecule is CCNC(=O)C(Cc1ccccc1)N(Cc1cccc(Cl)c1)C(=O)CN(c1ccc(OCC)cc1)S(C)(=O)=O. The standard InChI is InChI=1S/C29H34ClN3O5S/c1-4-31-29(35)27(19-22-10-7-6-8-11-22)32(20-23-12-9-13-24(30)18-23)28(34)21-33(39(3,36)37)25-14-16-26(17-15-25)38-5-2/h6-18,27H,4-5,19-21H2,1-3H3,(H,31,35). The molecular weight excluding hydrogens is 538 g/mol. The second-order valence-corrected chi connectivity index (χ2v) is 11.3. The molecule has 1 atom stereocenters. The van der Waals surface area contributed by atoms with E-state index >= 15 is 0 Å². The number of nitrogens with zero attached hydrogens (tertiary/aromatic N) is 2. The van der Waals surface area contributed by atoms with E-state index in [9.17, 15) is 18.0 Å². The Labute approximate surface area is 235 Å². The van der Waals surface area contributed by atoms with Gasteiger partial charge in [-0.25, -0.2) is 8.42 Å². The molecule has 0 saturated heterocycles. The number of rotatable bonds is 13. The molecule has 8 nitrogen and oxygen atoms in total. The van der Waals surface area contributed by atoms with E-state index in [1.54, 1.807) is 49.4 Å². The molecule has 1 unspecified atom stereocenters. The fourth-order valence-electron chi connectivity index (χ4n) is 4.17. The summed E-state index contributed by atoms with van der Waals surface area (Å²) < 4.78 is 32.2. The van der Waals surface area contributed by atoms with Crippen molar-refractivity contribution >= 4 is 39.1 Å². The molecule has 3 aromatic rings. The third-order valence-corrected chi connectivity index (χ3v) is 7.35. The Hall–Kier alpha value is -3.56. The summed E-state index contributed by atoms with van der Waals surface area (Å²) in [6.07, 6.45) is 1.30. The number of nitrogens with one attached hydrogen (secondary N) is 1. The fourth-order valence-corrected chi connectivity index (χ4v) is 5.23. The zero-order chi connectivity index (χ0) is 28.4. The van der Waals surface area contributed by atoms with Gasteiger partial charge >= 0.3 is 0 Å². The predicted octanol–water partition coefficient (Wildman–Crippen LogP) is 4.28. The minimum absolute atomic E-state index is 0.0644. The maximum atomic E-state index is 14.0.